The van der Waals surface area contributed by atoms with Crippen molar-refractivity contribution in [3.05, 3.63) is 152 Å². The van der Waals surface area contributed by atoms with Crippen LogP contribution in [0.15, 0.2) is 152 Å². The van der Waals surface area contributed by atoms with Gasteiger partial charge in [-0.2, -0.15) is 0 Å². The van der Waals surface area contributed by atoms with Gasteiger partial charge in [0, 0.05) is 53.1 Å². The highest BCUT2D eigenvalue weighted by Gasteiger charge is 2.22. The van der Waals surface area contributed by atoms with Gasteiger partial charge in [-0.15, -0.1) is 22.7 Å². The lowest BCUT2D eigenvalue weighted by Gasteiger charge is -2.11. The Labute approximate surface area is 289 Å². The Morgan fingerprint density at radius 2 is 1.02 bits per heavy atom. The molecule has 228 valence electrons. The van der Waals surface area contributed by atoms with Crippen molar-refractivity contribution in [1.82, 2.24) is 14.5 Å². The van der Waals surface area contributed by atoms with Crippen molar-refractivity contribution in [3.63, 3.8) is 0 Å². The van der Waals surface area contributed by atoms with Gasteiger partial charge in [0.2, 0.25) is 0 Å². The van der Waals surface area contributed by atoms with Crippen LogP contribution in [0.4, 0.5) is 0 Å². The van der Waals surface area contributed by atoms with Crippen molar-refractivity contribution in [2.24, 2.45) is 0 Å². The first-order valence-corrected chi connectivity index (χ1v) is 18.1. The quantitative estimate of drug-likeness (QED) is 0.189. The fourth-order valence-electron chi connectivity index (χ4n) is 7.67. The van der Waals surface area contributed by atoms with Gasteiger partial charge in [0.15, 0.2) is 5.82 Å². The smallest absolute Gasteiger partial charge is 0.160 e. The third kappa shape index (κ3) is 3.88. The molecule has 11 rings (SSSR count). The fraction of sp³-hybridized carbons (Fsp3) is 0. The average molecular weight is 660 g/mol. The van der Waals surface area contributed by atoms with E-state index in [1.54, 1.807) is 11.3 Å². The summed E-state index contributed by atoms with van der Waals surface area (Å²) < 4.78 is 7.44. The lowest BCUT2D eigenvalue weighted by atomic mass is 9.99. The maximum atomic E-state index is 5.22. The van der Waals surface area contributed by atoms with E-state index in [9.17, 15) is 0 Å². The molecule has 4 aromatic heterocycles. The number of benzene rings is 7. The lowest BCUT2D eigenvalue weighted by molar-refractivity contribution is 1.18. The molecule has 0 spiro atoms. The maximum absolute atomic E-state index is 5.22. The molecule has 0 unspecified atom stereocenters. The van der Waals surface area contributed by atoms with Crippen molar-refractivity contribution in [1.29, 1.82) is 0 Å². The summed E-state index contributed by atoms with van der Waals surface area (Å²) in [5, 5.41) is 8.99. The number of hydrogen-bond acceptors (Lipinski definition) is 4. The minimum absolute atomic E-state index is 0.738. The molecular weight excluding hydrogens is 635 g/mol. The van der Waals surface area contributed by atoms with Crippen molar-refractivity contribution in [3.8, 4) is 28.3 Å². The Balaban J connectivity index is 1.17. The van der Waals surface area contributed by atoms with Gasteiger partial charge in [-0.05, 0) is 53.2 Å². The van der Waals surface area contributed by atoms with E-state index in [2.05, 4.69) is 156 Å². The highest BCUT2D eigenvalue weighted by molar-refractivity contribution is 7.27. The van der Waals surface area contributed by atoms with E-state index in [1.807, 2.05) is 11.3 Å². The number of para-hydroxylation sites is 1. The highest BCUT2D eigenvalue weighted by atomic mass is 32.1. The Morgan fingerprint density at radius 3 is 1.80 bits per heavy atom. The molecule has 5 heteroatoms. The molecule has 0 aliphatic rings. The molecule has 49 heavy (non-hydrogen) atoms. The number of nitrogens with zero attached hydrogens (tertiary/aromatic N) is 3. The molecule has 0 fully saturated rings. The summed E-state index contributed by atoms with van der Waals surface area (Å²) in [5.74, 6) is 0.738. The van der Waals surface area contributed by atoms with Crippen molar-refractivity contribution < 1.29 is 0 Å². The van der Waals surface area contributed by atoms with Crippen molar-refractivity contribution in [2.45, 2.75) is 0 Å². The zero-order valence-electron chi connectivity index (χ0n) is 26.1. The summed E-state index contributed by atoms with van der Waals surface area (Å²) in [7, 11) is 0. The van der Waals surface area contributed by atoms with Crippen LogP contribution >= 0.6 is 22.7 Å². The summed E-state index contributed by atoms with van der Waals surface area (Å²) >= 11 is 3.66. The number of aromatic nitrogens is 3. The summed E-state index contributed by atoms with van der Waals surface area (Å²) in [4.78, 5) is 10.4. The van der Waals surface area contributed by atoms with E-state index in [0.29, 0.717) is 0 Å². The fourth-order valence-corrected chi connectivity index (χ4v) is 10.1. The van der Waals surface area contributed by atoms with Gasteiger partial charge >= 0.3 is 0 Å². The second-order valence-corrected chi connectivity index (χ2v) is 14.6. The largest absolute Gasteiger partial charge is 0.308 e. The third-order valence-corrected chi connectivity index (χ3v) is 12.1. The SMILES string of the molecule is c1ccc(-c2nc(-c3ccc(-n4c5ccccc5c5c6ccccc6c6c7ccccc7sc6c54)cc3)nc3c2sc2ccccc23)cc1. The predicted octanol–water partition coefficient (Wildman–Crippen LogP) is 12.8. The second kappa shape index (κ2) is 10.3. The Morgan fingerprint density at radius 1 is 0.429 bits per heavy atom. The number of thiophene rings is 2. The van der Waals surface area contributed by atoms with Gasteiger partial charge in [-0.3, -0.25) is 0 Å². The molecule has 0 saturated carbocycles. The average Bonchev–Trinajstić information content (AvgIpc) is 3.85. The molecule has 0 radical (unpaired) electrons. The van der Waals surface area contributed by atoms with Gasteiger partial charge in [0.05, 0.1) is 31.6 Å². The monoisotopic (exact) mass is 659 g/mol. The predicted molar refractivity (Wildman–Crippen MR) is 211 cm³/mol. The van der Waals surface area contributed by atoms with E-state index in [4.69, 9.17) is 9.97 Å². The molecule has 4 heterocycles. The number of fused-ring (bicyclic) bond motifs is 13. The maximum Gasteiger partial charge on any atom is 0.160 e. The summed E-state index contributed by atoms with van der Waals surface area (Å²) in [6, 6.07) is 54.4. The Kier molecular flexibility index (Phi) is 5.70. The Bertz CT molecular complexity index is 3090. The molecule has 0 amide bonds. The minimum atomic E-state index is 0.738. The first kappa shape index (κ1) is 27.1. The Hall–Kier alpha value is -5.88. The van der Waals surface area contributed by atoms with Gasteiger partial charge in [-0.1, -0.05) is 109 Å². The summed E-state index contributed by atoms with van der Waals surface area (Å²) in [6.07, 6.45) is 0. The van der Waals surface area contributed by atoms with Crippen LogP contribution in [0, 0.1) is 0 Å². The van der Waals surface area contributed by atoms with Gasteiger partial charge in [0.1, 0.15) is 0 Å². The third-order valence-electron chi connectivity index (χ3n) is 9.80. The molecule has 0 bridgehead atoms. The van der Waals surface area contributed by atoms with Crippen LogP contribution in [-0.4, -0.2) is 14.5 Å². The zero-order valence-corrected chi connectivity index (χ0v) is 27.7. The van der Waals surface area contributed by atoms with E-state index in [-0.39, 0.29) is 0 Å². The second-order valence-electron chi connectivity index (χ2n) is 12.5. The van der Waals surface area contributed by atoms with Crippen LogP contribution in [-0.2, 0) is 0 Å². The lowest BCUT2D eigenvalue weighted by Crippen LogP contribution is -1.96. The van der Waals surface area contributed by atoms with E-state index in [0.717, 1.165) is 38.5 Å². The molecule has 0 atom stereocenters. The zero-order chi connectivity index (χ0) is 32.1. The van der Waals surface area contributed by atoms with E-state index < -0.39 is 0 Å². The highest BCUT2D eigenvalue weighted by Crippen LogP contribution is 2.48. The summed E-state index contributed by atoms with van der Waals surface area (Å²) in [5.41, 5.74) is 7.67. The van der Waals surface area contributed by atoms with E-state index >= 15 is 0 Å². The topological polar surface area (TPSA) is 30.7 Å². The van der Waals surface area contributed by atoms with Crippen LogP contribution < -0.4 is 0 Å². The molecular formula is C44H25N3S2. The van der Waals surface area contributed by atoms with Crippen LogP contribution in [0.25, 0.3) is 101 Å². The standard InChI is InChI=1S/C44H25N3S2/c1-2-12-26(13-3-1)39-43-40(33-18-8-11-21-36(33)49-43)46-44(45-39)27-22-24-28(25-23-27)47-34-19-9-6-16-31(34)37-29-14-4-5-15-30(29)38-32-17-7-10-20-35(32)48-42(38)41(37)47/h1-25H. The number of rotatable bonds is 3. The van der Waals surface area contributed by atoms with Gasteiger partial charge < -0.3 is 4.57 Å². The molecule has 0 N–H and O–H groups in total. The molecule has 11 aromatic rings. The molecule has 7 aromatic carbocycles. The van der Waals surface area contributed by atoms with Crippen molar-refractivity contribution in [2.75, 3.05) is 0 Å². The molecule has 0 saturated heterocycles. The van der Waals surface area contributed by atoms with Crippen LogP contribution in [0.5, 0.6) is 0 Å². The van der Waals surface area contributed by atoms with Crippen molar-refractivity contribution >= 4 is 95.7 Å². The van der Waals surface area contributed by atoms with E-state index in [1.165, 1.54) is 62.8 Å². The summed E-state index contributed by atoms with van der Waals surface area (Å²) in [6.45, 7) is 0. The van der Waals surface area contributed by atoms with Crippen LogP contribution in [0.3, 0.4) is 0 Å². The first-order valence-electron chi connectivity index (χ1n) is 16.4. The van der Waals surface area contributed by atoms with Gasteiger partial charge in [0.25, 0.3) is 0 Å². The molecule has 0 aliphatic heterocycles. The molecule has 3 nitrogen and oxygen atoms in total. The number of hydrogen-bond donors (Lipinski definition) is 0. The minimum Gasteiger partial charge on any atom is -0.308 e. The molecule has 0 aliphatic carbocycles. The van der Waals surface area contributed by atoms with Gasteiger partial charge in [-0.25, -0.2) is 9.97 Å². The van der Waals surface area contributed by atoms with Crippen LogP contribution in [0.1, 0.15) is 0 Å². The first-order chi connectivity index (χ1) is 24.3. The normalized spacial score (nSPS) is 12.1. The van der Waals surface area contributed by atoms with Crippen LogP contribution in [0.2, 0.25) is 0 Å².